The van der Waals surface area contributed by atoms with Crippen LogP contribution in [0.25, 0.3) is 0 Å². The standard InChI is InChI=1S/C6H10I2O3/c1-9-3-5-4(11-8)2-6(7)10-5/h4-6H,2-3H2,1H3/t4?,5-,6-/m1/s1. The Morgan fingerprint density at radius 1 is 1.64 bits per heavy atom. The summed E-state index contributed by atoms with van der Waals surface area (Å²) in [6.45, 7) is 0.618. The van der Waals surface area contributed by atoms with Crippen LogP contribution in [-0.4, -0.2) is 30.0 Å². The molecule has 0 saturated carbocycles. The third kappa shape index (κ3) is 2.94. The second-order valence-electron chi connectivity index (χ2n) is 2.40. The third-order valence-electron chi connectivity index (χ3n) is 1.60. The quantitative estimate of drug-likeness (QED) is 0.550. The van der Waals surface area contributed by atoms with E-state index in [1.165, 1.54) is 0 Å². The normalized spacial score (nSPS) is 37.9. The lowest BCUT2D eigenvalue weighted by Gasteiger charge is -2.13. The first-order valence-electron chi connectivity index (χ1n) is 3.33. The van der Waals surface area contributed by atoms with Gasteiger partial charge in [-0.05, 0) is 0 Å². The van der Waals surface area contributed by atoms with Crippen LogP contribution in [0, 0.1) is 0 Å². The van der Waals surface area contributed by atoms with E-state index in [0.717, 1.165) is 6.42 Å². The summed E-state index contributed by atoms with van der Waals surface area (Å²) in [5.41, 5.74) is 0. The van der Waals surface area contributed by atoms with Crippen LogP contribution in [0.15, 0.2) is 0 Å². The van der Waals surface area contributed by atoms with Gasteiger partial charge in [0.2, 0.25) is 0 Å². The van der Waals surface area contributed by atoms with E-state index in [1.807, 2.05) is 23.0 Å². The summed E-state index contributed by atoms with van der Waals surface area (Å²) >= 11 is 4.18. The minimum atomic E-state index is 0.110. The van der Waals surface area contributed by atoms with E-state index in [9.17, 15) is 0 Å². The SMILES string of the molecule is COC[C@H]1O[C@@H](I)CC1OI. The number of hydrogen-bond donors (Lipinski definition) is 0. The zero-order valence-electron chi connectivity index (χ0n) is 6.13. The van der Waals surface area contributed by atoms with Crippen LogP contribution in [0.1, 0.15) is 6.42 Å². The molecule has 0 aromatic heterocycles. The molecule has 1 fully saturated rings. The van der Waals surface area contributed by atoms with Gasteiger partial charge in [0, 0.05) is 13.5 Å². The smallest absolute Gasteiger partial charge is 0.112 e. The van der Waals surface area contributed by atoms with Gasteiger partial charge in [0.15, 0.2) is 0 Å². The van der Waals surface area contributed by atoms with Crippen molar-refractivity contribution in [2.45, 2.75) is 22.7 Å². The van der Waals surface area contributed by atoms with Crippen molar-refractivity contribution in [3.05, 3.63) is 0 Å². The van der Waals surface area contributed by atoms with Crippen LogP contribution in [0.5, 0.6) is 0 Å². The number of methoxy groups -OCH3 is 1. The average molecular weight is 384 g/mol. The van der Waals surface area contributed by atoms with Crippen molar-refractivity contribution in [1.29, 1.82) is 0 Å². The Kier molecular flexibility index (Phi) is 4.88. The van der Waals surface area contributed by atoms with E-state index in [0.29, 0.717) is 6.61 Å². The molecule has 3 atom stereocenters. The maximum absolute atomic E-state index is 5.54. The molecule has 1 aliphatic heterocycles. The van der Waals surface area contributed by atoms with Gasteiger partial charge in [0.05, 0.1) is 6.61 Å². The highest BCUT2D eigenvalue weighted by atomic mass is 127. The van der Waals surface area contributed by atoms with Gasteiger partial charge in [-0.1, -0.05) is 22.6 Å². The molecule has 1 heterocycles. The Hall–Kier alpha value is 1.34. The van der Waals surface area contributed by atoms with Gasteiger partial charge in [-0.25, -0.2) is 0 Å². The summed E-state index contributed by atoms with van der Waals surface area (Å²) in [5, 5.41) is 0. The first kappa shape index (κ1) is 10.4. The van der Waals surface area contributed by atoms with Gasteiger partial charge < -0.3 is 12.5 Å². The Balaban J connectivity index is 2.37. The van der Waals surface area contributed by atoms with E-state index in [1.54, 1.807) is 7.11 Å². The fourth-order valence-corrected chi connectivity index (χ4v) is 2.49. The lowest BCUT2D eigenvalue weighted by atomic mass is 10.2. The predicted octanol–water partition coefficient (Wildman–Crippen LogP) is 1.92. The number of alkyl halides is 1. The number of hydrogen-bond acceptors (Lipinski definition) is 3. The maximum Gasteiger partial charge on any atom is 0.112 e. The van der Waals surface area contributed by atoms with E-state index < -0.39 is 0 Å². The van der Waals surface area contributed by atoms with Gasteiger partial charge in [-0.3, -0.25) is 0 Å². The first-order chi connectivity index (χ1) is 5.27. The average Bonchev–Trinajstić information content (AvgIpc) is 2.32. The zero-order valence-corrected chi connectivity index (χ0v) is 10.4. The topological polar surface area (TPSA) is 27.7 Å². The van der Waals surface area contributed by atoms with E-state index in [2.05, 4.69) is 22.6 Å². The molecule has 66 valence electrons. The lowest BCUT2D eigenvalue weighted by Crippen LogP contribution is -2.26. The van der Waals surface area contributed by atoms with Gasteiger partial charge >= 0.3 is 0 Å². The van der Waals surface area contributed by atoms with Crippen LogP contribution in [0.4, 0.5) is 0 Å². The summed E-state index contributed by atoms with van der Waals surface area (Å²) in [6.07, 6.45) is 1.26. The fraction of sp³-hybridized carbons (Fsp3) is 1.00. The summed E-state index contributed by atoms with van der Waals surface area (Å²) in [7, 11) is 1.67. The van der Waals surface area contributed by atoms with Crippen LogP contribution in [-0.2, 0) is 12.5 Å². The first-order valence-corrected chi connectivity index (χ1v) is 5.46. The van der Waals surface area contributed by atoms with Crippen molar-refractivity contribution < 1.29 is 12.5 Å². The molecule has 1 unspecified atom stereocenters. The fourth-order valence-electron chi connectivity index (χ4n) is 1.07. The van der Waals surface area contributed by atoms with Crippen LogP contribution < -0.4 is 0 Å². The van der Waals surface area contributed by atoms with E-state index in [-0.39, 0.29) is 16.3 Å². The monoisotopic (exact) mass is 384 g/mol. The van der Waals surface area contributed by atoms with Crippen LogP contribution in [0.2, 0.25) is 0 Å². The predicted molar refractivity (Wildman–Crippen MR) is 58.1 cm³/mol. The second-order valence-corrected chi connectivity index (χ2v) is 4.30. The Labute approximate surface area is 94.0 Å². The zero-order chi connectivity index (χ0) is 8.27. The van der Waals surface area contributed by atoms with Gasteiger partial charge in [0.25, 0.3) is 0 Å². The molecular weight excluding hydrogens is 374 g/mol. The molecule has 1 saturated heterocycles. The molecule has 0 radical (unpaired) electrons. The largest absolute Gasteiger partial charge is 0.382 e. The molecule has 0 amide bonds. The lowest BCUT2D eigenvalue weighted by molar-refractivity contribution is 0.00338. The number of halogens is 2. The van der Waals surface area contributed by atoms with Crippen molar-refractivity contribution in [2.75, 3.05) is 13.7 Å². The maximum atomic E-state index is 5.54. The molecule has 0 aliphatic carbocycles. The highest BCUT2D eigenvalue weighted by molar-refractivity contribution is 14.1. The van der Waals surface area contributed by atoms with Crippen molar-refractivity contribution in [1.82, 2.24) is 0 Å². The van der Waals surface area contributed by atoms with E-state index in [4.69, 9.17) is 12.5 Å². The van der Waals surface area contributed by atoms with Gasteiger partial charge in [-0.15, -0.1) is 0 Å². The van der Waals surface area contributed by atoms with Crippen molar-refractivity contribution in [2.24, 2.45) is 0 Å². The second kappa shape index (κ2) is 5.15. The minimum absolute atomic E-state index is 0.110. The van der Waals surface area contributed by atoms with Crippen LogP contribution >= 0.6 is 45.6 Å². The molecular formula is C6H10I2O3. The third-order valence-corrected chi connectivity index (χ3v) is 3.06. The minimum Gasteiger partial charge on any atom is -0.382 e. The molecule has 5 heteroatoms. The van der Waals surface area contributed by atoms with E-state index >= 15 is 0 Å². The van der Waals surface area contributed by atoms with Gasteiger partial charge in [-0.2, -0.15) is 0 Å². The summed E-state index contributed by atoms with van der Waals surface area (Å²) < 4.78 is 16.0. The highest BCUT2D eigenvalue weighted by Crippen LogP contribution is 2.28. The van der Waals surface area contributed by atoms with Crippen LogP contribution in [0.3, 0.4) is 0 Å². The summed E-state index contributed by atoms with van der Waals surface area (Å²) in [4.78, 5) is 0. The molecule has 0 N–H and O–H groups in total. The Morgan fingerprint density at radius 3 is 2.91 bits per heavy atom. The molecule has 3 nitrogen and oxygen atoms in total. The highest BCUT2D eigenvalue weighted by Gasteiger charge is 2.34. The number of ether oxygens (including phenoxy) is 2. The molecule has 0 aromatic rings. The molecule has 1 aliphatic rings. The van der Waals surface area contributed by atoms with Crippen molar-refractivity contribution in [3.63, 3.8) is 0 Å². The molecule has 1 rings (SSSR count). The molecule has 0 spiro atoms. The Bertz CT molecular complexity index is 122. The number of rotatable bonds is 3. The summed E-state index contributed by atoms with van der Waals surface area (Å²) in [5.74, 6) is 0. The van der Waals surface area contributed by atoms with Crippen molar-refractivity contribution in [3.8, 4) is 0 Å². The van der Waals surface area contributed by atoms with Crippen molar-refractivity contribution >= 4 is 45.6 Å². The summed E-state index contributed by atoms with van der Waals surface area (Å²) in [6, 6.07) is 0. The molecule has 11 heavy (non-hydrogen) atoms. The Morgan fingerprint density at radius 2 is 2.36 bits per heavy atom. The molecule has 0 bridgehead atoms. The molecule has 0 aromatic carbocycles. The van der Waals surface area contributed by atoms with Gasteiger partial charge in [0.1, 0.15) is 39.3 Å².